The van der Waals surface area contributed by atoms with E-state index in [2.05, 4.69) is 10.2 Å². The maximum Gasteiger partial charge on any atom is 0.335 e. The molecular formula is C22H14N4O2S3. The van der Waals surface area contributed by atoms with E-state index >= 15 is 0 Å². The average Bonchev–Trinajstić information content (AvgIpc) is 3.56. The Kier molecular flexibility index (Phi) is 5.37. The highest BCUT2D eigenvalue weighted by Gasteiger charge is 2.19. The first-order valence-electron chi connectivity index (χ1n) is 9.21. The van der Waals surface area contributed by atoms with Gasteiger partial charge in [0.15, 0.2) is 10.2 Å². The van der Waals surface area contributed by atoms with Crippen LogP contribution in [-0.4, -0.2) is 30.8 Å². The molecule has 1 N–H and O–H groups in total. The number of carbonyl (C=O) groups is 1. The van der Waals surface area contributed by atoms with Crippen LogP contribution in [0.3, 0.4) is 0 Å². The predicted octanol–water partition coefficient (Wildman–Crippen LogP) is 5.97. The second-order valence-corrected chi connectivity index (χ2v) is 9.46. The van der Waals surface area contributed by atoms with Crippen molar-refractivity contribution >= 4 is 40.4 Å². The van der Waals surface area contributed by atoms with Gasteiger partial charge in [-0.25, -0.2) is 9.78 Å². The maximum absolute atomic E-state index is 11.2. The molecule has 31 heavy (non-hydrogen) atoms. The normalized spacial score (nSPS) is 11.0. The van der Waals surface area contributed by atoms with Gasteiger partial charge < -0.3 is 5.11 Å². The third kappa shape index (κ3) is 4.02. The Morgan fingerprint density at radius 1 is 0.935 bits per heavy atom. The van der Waals surface area contributed by atoms with Gasteiger partial charge in [-0.3, -0.25) is 4.57 Å². The summed E-state index contributed by atoms with van der Waals surface area (Å²) < 4.78 is 2.79. The van der Waals surface area contributed by atoms with Crippen molar-refractivity contribution < 1.29 is 9.90 Å². The maximum atomic E-state index is 11.2. The third-order valence-electron chi connectivity index (χ3n) is 4.48. The fourth-order valence-corrected chi connectivity index (χ4v) is 5.49. The second kappa shape index (κ2) is 8.46. The van der Waals surface area contributed by atoms with Crippen molar-refractivity contribution in [3.63, 3.8) is 0 Å². The van der Waals surface area contributed by atoms with Crippen molar-refractivity contribution in [2.24, 2.45) is 0 Å². The van der Waals surface area contributed by atoms with Crippen molar-refractivity contribution in [2.75, 3.05) is 0 Å². The van der Waals surface area contributed by atoms with Gasteiger partial charge in [-0.2, -0.15) is 0 Å². The zero-order valence-electron chi connectivity index (χ0n) is 15.9. The van der Waals surface area contributed by atoms with Gasteiger partial charge in [-0.1, -0.05) is 36.4 Å². The van der Waals surface area contributed by atoms with Crippen molar-refractivity contribution in [1.29, 1.82) is 0 Å². The van der Waals surface area contributed by atoms with Crippen molar-refractivity contribution in [3.8, 4) is 27.6 Å². The molecule has 0 amide bonds. The molecule has 0 aliphatic carbocycles. The van der Waals surface area contributed by atoms with E-state index in [1.807, 2.05) is 57.8 Å². The van der Waals surface area contributed by atoms with Crippen LogP contribution in [0.2, 0.25) is 0 Å². The molecule has 0 aliphatic rings. The Labute approximate surface area is 189 Å². The molecule has 0 bridgehead atoms. The largest absolute Gasteiger partial charge is 0.478 e. The number of thiophene rings is 1. The molecule has 5 aromatic rings. The van der Waals surface area contributed by atoms with Crippen LogP contribution in [0.5, 0.6) is 0 Å². The lowest BCUT2D eigenvalue weighted by Gasteiger charge is -2.09. The third-order valence-corrected chi connectivity index (χ3v) is 7.23. The van der Waals surface area contributed by atoms with Gasteiger partial charge in [-0.15, -0.1) is 32.9 Å². The molecule has 0 unspecified atom stereocenters. The molecule has 9 heteroatoms. The Hall–Kier alpha value is -3.27. The number of hydrogen-bond acceptors (Lipinski definition) is 7. The number of carboxylic acids is 1. The van der Waals surface area contributed by atoms with Crippen LogP contribution < -0.4 is 0 Å². The van der Waals surface area contributed by atoms with Gasteiger partial charge in [0.2, 0.25) is 5.16 Å². The minimum Gasteiger partial charge on any atom is -0.478 e. The molecule has 3 aromatic heterocycles. The van der Waals surface area contributed by atoms with Crippen LogP contribution >= 0.6 is 34.4 Å². The van der Waals surface area contributed by atoms with E-state index in [1.54, 1.807) is 46.9 Å². The Bertz CT molecular complexity index is 1330. The smallest absolute Gasteiger partial charge is 0.335 e. The van der Waals surface area contributed by atoms with E-state index in [0.29, 0.717) is 11.0 Å². The van der Waals surface area contributed by atoms with E-state index in [-0.39, 0.29) is 5.56 Å². The minimum absolute atomic E-state index is 0.233. The minimum atomic E-state index is -0.959. The molecule has 3 heterocycles. The summed E-state index contributed by atoms with van der Waals surface area (Å²) in [4.78, 5) is 17.0. The van der Waals surface area contributed by atoms with Crippen LogP contribution in [0.15, 0.2) is 87.0 Å². The second-order valence-electron chi connectivity index (χ2n) is 6.44. The quantitative estimate of drug-likeness (QED) is 0.335. The number of nitrogens with zero attached hydrogens (tertiary/aromatic N) is 4. The first kappa shape index (κ1) is 19.7. The summed E-state index contributed by atoms with van der Waals surface area (Å²) in [5, 5.41) is 22.7. The number of thiazole rings is 1. The Morgan fingerprint density at radius 3 is 2.45 bits per heavy atom. The molecule has 6 nitrogen and oxygen atoms in total. The Morgan fingerprint density at radius 2 is 1.74 bits per heavy atom. The van der Waals surface area contributed by atoms with Crippen LogP contribution in [0.1, 0.15) is 10.4 Å². The highest BCUT2D eigenvalue weighted by atomic mass is 32.2. The number of carboxylic acid groups (broad SMARTS) is 1. The zero-order chi connectivity index (χ0) is 21.2. The molecule has 0 atom stereocenters. The molecule has 0 radical (unpaired) electrons. The van der Waals surface area contributed by atoms with Crippen molar-refractivity contribution in [2.45, 2.75) is 9.50 Å². The first-order chi connectivity index (χ1) is 15.2. The number of aromatic carboxylic acids is 1. The molecular weight excluding hydrogens is 448 g/mol. The SMILES string of the molecule is O=C(O)c1ccc(-n2c(Sc3nc(-c4ccccc4)cs3)nnc2-c2cccs2)cc1. The standard InChI is InChI=1S/C22H14N4O2S3/c27-20(28)15-8-10-16(11-9-15)26-19(18-7-4-12-29-18)24-25-21(26)31-22-23-17(13-30-22)14-5-2-1-3-6-14/h1-13H,(H,27,28). The van der Waals surface area contributed by atoms with Crippen LogP contribution in [-0.2, 0) is 0 Å². The van der Waals surface area contributed by atoms with Gasteiger partial charge in [0.25, 0.3) is 0 Å². The summed E-state index contributed by atoms with van der Waals surface area (Å²) in [6.45, 7) is 0. The molecule has 0 saturated heterocycles. The highest BCUT2D eigenvalue weighted by molar-refractivity contribution is 8.00. The fourth-order valence-electron chi connectivity index (χ4n) is 3.01. The zero-order valence-corrected chi connectivity index (χ0v) is 18.3. The molecule has 0 spiro atoms. The lowest BCUT2D eigenvalue weighted by molar-refractivity contribution is 0.0697. The topological polar surface area (TPSA) is 80.9 Å². The monoisotopic (exact) mass is 462 g/mol. The molecule has 2 aromatic carbocycles. The number of rotatable bonds is 6. The van der Waals surface area contributed by atoms with Crippen molar-refractivity contribution in [3.05, 3.63) is 83.1 Å². The molecule has 152 valence electrons. The van der Waals surface area contributed by atoms with E-state index in [9.17, 15) is 9.90 Å². The molecule has 0 saturated carbocycles. The van der Waals surface area contributed by atoms with Gasteiger partial charge in [0.1, 0.15) is 0 Å². The first-order valence-corrected chi connectivity index (χ1v) is 11.8. The molecule has 5 rings (SSSR count). The summed E-state index contributed by atoms with van der Waals surface area (Å²) in [5.74, 6) is -0.250. The summed E-state index contributed by atoms with van der Waals surface area (Å²) in [6.07, 6.45) is 0. The fraction of sp³-hybridized carbons (Fsp3) is 0. The Balaban J connectivity index is 1.53. The van der Waals surface area contributed by atoms with Gasteiger partial charge >= 0.3 is 5.97 Å². The summed E-state index contributed by atoms with van der Waals surface area (Å²) in [7, 11) is 0. The van der Waals surface area contributed by atoms with E-state index in [4.69, 9.17) is 4.98 Å². The van der Waals surface area contributed by atoms with Crippen LogP contribution in [0.4, 0.5) is 0 Å². The molecule has 0 aliphatic heterocycles. The van der Waals surface area contributed by atoms with Crippen LogP contribution in [0.25, 0.3) is 27.6 Å². The van der Waals surface area contributed by atoms with Crippen molar-refractivity contribution in [1.82, 2.24) is 19.7 Å². The van der Waals surface area contributed by atoms with Crippen LogP contribution in [0, 0.1) is 0 Å². The number of hydrogen-bond donors (Lipinski definition) is 1. The van der Waals surface area contributed by atoms with E-state index < -0.39 is 5.97 Å². The van der Waals surface area contributed by atoms with Gasteiger partial charge in [-0.05, 0) is 47.5 Å². The van der Waals surface area contributed by atoms with Gasteiger partial charge in [0.05, 0.1) is 16.1 Å². The van der Waals surface area contributed by atoms with Gasteiger partial charge in [0, 0.05) is 16.6 Å². The summed E-state index contributed by atoms with van der Waals surface area (Å²) >= 11 is 4.56. The summed E-state index contributed by atoms with van der Waals surface area (Å²) in [5.41, 5.74) is 3.01. The van der Waals surface area contributed by atoms with E-state index in [1.165, 1.54) is 11.8 Å². The number of benzene rings is 2. The van der Waals surface area contributed by atoms with E-state index in [0.717, 1.165) is 26.2 Å². The summed E-state index contributed by atoms with van der Waals surface area (Å²) in [6, 6.07) is 20.7. The highest BCUT2D eigenvalue weighted by Crippen LogP contribution is 2.36. The average molecular weight is 463 g/mol. The predicted molar refractivity (Wildman–Crippen MR) is 123 cm³/mol. The number of aromatic nitrogens is 4. The lowest BCUT2D eigenvalue weighted by Crippen LogP contribution is -2.01. The lowest BCUT2D eigenvalue weighted by atomic mass is 10.2. The molecule has 0 fully saturated rings.